The van der Waals surface area contributed by atoms with Crippen LogP contribution in [0.25, 0.3) is 0 Å². The molecule has 0 aliphatic carbocycles. The maximum atomic E-state index is 11.4. The van der Waals surface area contributed by atoms with Crippen molar-refractivity contribution in [3.63, 3.8) is 0 Å². The number of hydrogen-bond donors (Lipinski definition) is 2. The summed E-state index contributed by atoms with van der Waals surface area (Å²) in [6.45, 7) is 4.08. The van der Waals surface area contributed by atoms with Crippen LogP contribution in [0.2, 0.25) is 0 Å². The van der Waals surface area contributed by atoms with Crippen LogP contribution >= 0.6 is 0 Å². The van der Waals surface area contributed by atoms with E-state index in [1.165, 1.54) is 6.33 Å². The average molecular weight is 194 g/mol. The molecular weight excluding hydrogens is 180 g/mol. The van der Waals surface area contributed by atoms with Crippen molar-refractivity contribution in [2.75, 3.05) is 6.54 Å². The molecule has 76 valence electrons. The first-order valence-corrected chi connectivity index (χ1v) is 4.42. The predicted molar refractivity (Wildman–Crippen MR) is 52.8 cm³/mol. The molecule has 1 aromatic heterocycles. The van der Waals surface area contributed by atoms with Gasteiger partial charge in [0, 0.05) is 18.3 Å². The van der Waals surface area contributed by atoms with Crippen LogP contribution in [0.15, 0.2) is 12.4 Å². The van der Waals surface area contributed by atoms with Gasteiger partial charge in [-0.3, -0.25) is 4.79 Å². The fourth-order valence-electron chi connectivity index (χ4n) is 0.923. The molecule has 3 N–H and O–H groups in total. The van der Waals surface area contributed by atoms with Crippen molar-refractivity contribution in [2.45, 2.75) is 19.9 Å². The Bertz CT molecular complexity index is 324. The number of carbonyl (C=O) groups excluding carboxylic acids is 1. The van der Waals surface area contributed by atoms with E-state index in [1.54, 1.807) is 6.07 Å². The molecule has 5 nitrogen and oxygen atoms in total. The van der Waals surface area contributed by atoms with E-state index in [4.69, 9.17) is 5.73 Å². The van der Waals surface area contributed by atoms with E-state index in [0.29, 0.717) is 12.2 Å². The van der Waals surface area contributed by atoms with Crippen molar-refractivity contribution in [2.24, 2.45) is 5.73 Å². The topological polar surface area (TPSA) is 80.9 Å². The van der Waals surface area contributed by atoms with E-state index in [9.17, 15) is 4.79 Å². The van der Waals surface area contributed by atoms with Gasteiger partial charge in [0.1, 0.15) is 12.0 Å². The van der Waals surface area contributed by atoms with E-state index >= 15 is 0 Å². The summed E-state index contributed by atoms with van der Waals surface area (Å²) in [5.41, 5.74) is 6.64. The van der Waals surface area contributed by atoms with Crippen LogP contribution in [0.1, 0.15) is 23.1 Å². The molecule has 0 aliphatic rings. The quantitative estimate of drug-likeness (QED) is 0.702. The van der Waals surface area contributed by atoms with Gasteiger partial charge in [-0.05, 0) is 19.9 Å². The lowest BCUT2D eigenvalue weighted by atomic mass is 10.3. The maximum Gasteiger partial charge on any atom is 0.270 e. The van der Waals surface area contributed by atoms with Crippen LogP contribution in [0, 0.1) is 6.92 Å². The molecular formula is C9H14N4O. The van der Waals surface area contributed by atoms with Crippen LogP contribution in [0.3, 0.4) is 0 Å². The minimum Gasteiger partial charge on any atom is -0.349 e. The standard InChI is InChI=1S/C9H14N4O/c1-6(10)4-11-9(14)8-3-7(2)12-5-13-8/h3,5-6H,4,10H2,1-2H3,(H,11,14). The van der Waals surface area contributed by atoms with E-state index < -0.39 is 0 Å². The van der Waals surface area contributed by atoms with Crippen LogP contribution in [0.5, 0.6) is 0 Å². The Morgan fingerprint density at radius 2 is 2.36 bits per heavy atom. The summed E-state index contributed by atoms with van der Waals surface area (Å²) < 4.78 is 0. The summed E-state index contributed by atoms with van der Waals surface area (Å²) >= 11 is 0. The lowest BCUT2D eigenvalue weighted by molar-refractivity contribution is 0.0946. The van der Waals surface area contributed by atoms with Crippen LogP contribution < -0.4 is 11.1 Å². The second-order valence-corrected chi connectivity index (χ2v) is 3.23. The van der Waals surface area contributed by atoms with Gasteiger partial charge >= 0.3 is 0 Å². The third-order valence-electron chi connectivity index (χ3n) is 1.62. The number of nitrogens with two attached hydrogens (primary N) is 1. The van der Waals surface area contributed by atoms with Crippen LogP contribution in [0.4, 0.5) is 0 Å². The third kappa shape index (κ3) is 3.10. The van der Waals surface area contributed by atoms with Gasteiger partial charge in [0.25, 0.3) is 5.91 Å². The molecule has 0 saturated heterocycles. The predicted octanol–water partition coefficient (Wildman–Crippen LogP) is -0.138. The SMILES string of the molecule is Cc1cc(C(=O)NCC(C)N)ncn1. The smallest absolute Gasteiger partial charge is 0.270 e. The summed E-state index contributed by atoms with van der Waals surface area (Å²) in [4.78, 5) is 19.2. The van der Waals surface area contributed by atoms with E-state index in [1.807, 2.05) is 13.8 Å². The van der Waals surface area contributed by atoms with Gasteiger partial charge in [-0.15, -0.1) is 0 Å². The molecule has 0 fully saturated rings. The average Bonchev–Trinajstić information content (AvgIpc) is 2.14. The maximum absolute atomic E-state index is 11.4. The molecule has 0 aromatic carbocycles. The van der Waals surface area contributed by atoms with E-state index in [-0.39, 0.29) is 11.9 Å². The Labute approximate surface area is 82.7 Å². The fourth-order valence-corrected chi connectivity index (χ4v) is 0.923. The highest BCUT2D eigenvalue weighted by Gasteiger charge is 2.07. The Balaban J connectivity index is 2.61. The second kappa shape index (κ2) is 4.66. The zero-order valence-corrected chi connectivity index (χ0v) is 8.32. The van der Waals surface area contributed by atoms with Gasteiger partial charge in [-0.25, -0.2) is 9.97 Å². The summed E-state index contributed by atoms with van der Waals surface area (Å²) in [7, 11) is 0. The van der Waals surface area contributed by atoms with Gasteiger partial charge < -0.3 is 11.1 Å². The first kappa shape index (κ1) is 10.6. The fraction of sp³-hybridized carbons (Fsp3) is 0.444. The number of aryl methyl sites for hydroxylation is 1. The molecule has 0 radical (unpaired) electrons. The van der Waals surface area contributed by atoms with Crippen molar-refractivity contribution >= 4 is 5.91 Å². The lowest BCUT2D eigenvalue weighted by Gasteiger charge is -2.06. The van der Waals surface area contributed by atoms with E-state index in [2.05, 4.69) is 15.3 Å². The summed E-state index contributed by atoms with van der Waals surface area (Å²) in [5, 5.41) is 2.67. The summed E-state index contributed by atoms with van der Waals surface area (Å²) in [6.07, 6.45) is 1.37. The van der Waals surface area contributed by atoms with Gasteiger partial charge in [0.05, 0.1) is 0 Å². The van der Waals surface area contributed by atoms with Crippen molar-refractivity contribution in [1.29, 1.82) is 0 Å². The number of nitrogens with zero attached hydrogens (tertiary/aromatic N) is 2. The lowest BCUT2D eigenvalue weighted by Crippen LogP contribution is -2.35. The van der Waals surface area contributed by atoms with Crippen molar-refractivity contribution < 1.29 is 4.79 Å². The van der Waals surface area contributed by atoms with Crippen LogP contribution in [-0.4, -0.2) is 28.5 Å². The molecule has 1 unspecified atom stereocenters. The van der Waals surface area contributed by atoms with Gasteiger partial charge in [-0.1, -0.05) is 0 Å². The Morgan fingerprint density at radius 3 is 2.93 bits per heavy atom. The summed E-state index contributed by atoms with van der Waals surface area (Å²) in [5.74, 6) is -0.215. The first-order valence-electron chi connectivity index (χ1n) is 4.42. The molecule has 0 bridgehead atoms. The number of carbonyl (C=O) groups is 1. The molecule has 0 saturated carbocycles. The largest absolute Gasteiger partial charge is 0.349 e. The van der Waals surface area contributed by atoms with E-state index in [0.717, 1.165) is 5.69 Å². The number of nitrogens with one attached hydrogen (secondary N) is 1. The third-order valence-corrected chi connectivity index (χ3v) is 1.62. The Kier molecular flexibility index (Phi) is 3.53. The van der Waals surface area contributed by atoms with Crippen LogP contribution in [-0.2, 0) is 0 Å². The number of amides is 1. The minimum absolute atomic E-state index is 0.0538. The monoisotopic (exact) mass is 194 g/mol. The molecule has 5 heteroatoms. The highest BCUT2D eigenvalue weighted by atomic mass is 16.1. The van der Waals surface area contributed by atoms with Gasteiger partial charge in [0.15, 0.2) is 0 Å². The van der Waals surface area contributed by atoms with Crippen molar-refractivity contribution in [3.05, 3.63) is 23.8 Å². The molecule has 1 aromatic rings. The molecule has 1 atom stereocenters. The molecule has 0 aliphatic heterocycles. The molecule has 14 heavy (non-hydrogen) atoms. The molecule has 1 amide bonds. The molecule has 1 rings (SSSR count). The Morgan fingerprint density at radius 1 is 1.64 bits per heavy atom. The van der Waals surface area contributed by atoms with Gasteiger partial charge in [0.2, 0.25) is 0 Å². The second-order valence-electron chi connectivity index (χ2n) is 3.23. The highest BCUT2D eigenvalue weighted by molar-refractivity contribution is 5.92. The summed E-state index contributed by atoms with van der Waals surface area (Å²) in [6, 6.07) is 1.58. The number of hydrogen-bond acceptors (Lipinski definition) is 4. The Hall–Kier alpha value is -1.49. The molecule has 0 spiro atoms. The molecule has 1 heterocycles. The zero-order chi connectivity index (χ0) is 10.6. The van der Waals surface area contributed by atoms with Crippen molar-refractivity contribution in [3.8, 4) is 0 Å². The minimum atomic E-state index is -0.215. The number of aromatic nitrogens is 2. The number of rotatable bonds is 3. The van der Waals surface area contributed by atoms with Gasteiger partial charge in [-0.2, -0.15) is 0 Å². The zero-order valence-electron chi connectivity index (χ0n) is 8.32. The van der Waals surface area contributed by atoms with Crippen molar-refractivity contribution in [1.82, 2.24) is 15.3 Å². The first-order chi connectivity index (χ1) is 6.59. The highest BCUT2D eigenvalue weighted by Crippen LogP contribution is 1.95. The normalized spacial score (nSPS) is 12.2.